The van der Waals surface area contributed by atoms with Crippen molar-refractivity contribution in [1.29, 1.82) is 0 Å². The third-order valence-corrected chi connectivity index (χ3v) is 5.45. The Morgan fingerprint density at radius 2 is 1.96 bits per heavy atom. The van der Waals surface area contributed by atoms with E-state index in [-0.39, 0.29) is 0 Å². The van der Waals surface area contributed by atoms with Crippen molar-refractivity contribution in [1.82, 2.24) is 19.8 Å². The summed E-state index contributed by atoms with van der Waals surface area (Å²) in [7, 11) is 0. The maximum Gasteiger partial charge on any atom is 0.235 e. The second-order valence-electron chi connectivity index (χ2n) is 6.30. The van der Waals surface area contributed by atoms with Gasteiger partial charge < -0.3 is 9.15 Å². The van der Waals surface area contributed by atoms with Gasteiger partial charge in [0.05, 0.1) is 0 Å². The number of hydrogen-bond donors (Lipinski definition) is 0. The molecule has 0 amide bonds. The largest absolute Gasteiger partial charge is 0.490 e. The minimum atomic E-state index is 0.482. The molecular formula is C21H16N4O2S. The Bertz CT molecular complexity index is 1300. The second-order valence-corrected chi connectivity index (χ2v) is 7.26. The molecule has 0 unspecified atom stereocenters. The number of rotatable bonds is 5. The molecule has 0 aliphatic rings. The molecular weight excluding hydrogens is 372 g/mol. The average molecular weight is 388 g/mol. The Hall–Kier alpha value is -3.45. The monoisotopic (exact) mass is 388 g/mol. The Morgan fingerprint density at radius 3 is 2.75 bits per heavy atom. The van der Waals surface area contributed by atoms with Gasteiger partial charge in [0.2, 0.25) is 10.8 Å². The topological polar surface area (TPSA) is 65.5 Å². The molecule has 138 valence electrons. The molecule has 0 N–H and O–H groups in total. The normalized spacial score (nSPS) is 11.3. The third kappa shape index (κ3) is 2.68. The van der Waals surface area contributed by atoms with Gasteiger partial charge in [0, 0.05) is 16.5 Å². The van der Waals surface area contributed by atoms with Crippen molar-refractivity contribution in [2.24, 2.45) is 0 Å². The number of para-hydroxylation sites is 1. The highest BCUT2D eigenvalue weighted by Crippen LogP contribution is 2.34. The van der Waals surface area contributed by atoms with Crippen molar-refractivity contribution >= 4 is 27.3 Å². The van der Waals surface area contributed by atoms with E-state index in [9.17, 15) is 0 Å². The van der Waals surface area contributed by atoms with E-state index in [1.54, 1.807) is 10.6 Å². The van der Waals surface area contributed by atoms with Gasteiger partial charge in [-0.3, -0.25) is 0 Å². The Kier molecular flexibility index (Phi) is 3.95. The van der Waals surface area contributed by atoms with Crippen molar-refractivity contribution in [3.05, 3.63) is 66.7 Å². The summed E-state index contributed by atoms with van der Waals surface area (Å²) in [6.07, 6.45) is 1.72. The van der Waals surface area contributed by atoms with Crippen molar-refractivity contribution < 1.29 is 9.15 Å². The summed E-state index contributed by atoms with van der Waals surface area (Å²) < 4.78 is 13.3. The van der Waals surface area contributed by atoms with Crippen LogP contribution in [0.2, 0.25) is 0 Å². The first-order valence-electron chi connectivity index (χ1n) is 8.79. The van der Waals surface area contributed by atoms with Crippen LogP contribution in [0.4, 0.5) is 0 Å². The van der Waals surface area contributed by atoms with Gasteiger partial charge in [0.1, 0.15) is 22.9 Å². The Morgan fingerprint density at radius 1 is 1.14 bits per heavy atom. The lowest BCUT2D eigenvalue weighted by Gasteiger charge is -2.03. The molecule has 7 heteroatoms. The number of nitrogens with zero attached hydrogens (tertiary/aromatic N) is 4. The molecule has 3 heterocycles. The van der Waals surface area contributed by atoms with E-state index in [0.717, 1.165) is 37.8 Å². The van der Waals surface area contributed by atoms with E-state index in [1.165, 1.54) is 11.3 Å². The first kappa shape index (κ1) is 16.7. The molecule has 28 heavy (non-hydrogen) atoms. The molecule has 2 aromatic carbocycles. The van der Waals surface area contributed by atoms with Crippen molar-refractivity contribution in [2.45, 2.75) is 6.92 Å². The zero-order valence-corrected chi connectivity index (χ0v) is 15.9. The van der Waals surface area contributed by atoms with Gasteiger partial charge in [0.15, 0.2) is 5.76 Å². The predicted molar refractivity (Wildman–Crippen MR) is 110 cm³/mol. The SMILES string of the molecule is C=CCOc1ccc(-c2nn3c(-c4oc5ccccc5c4C)nnc3s2)cc1. The summed E-state index contributed by atoms with van der Waals surface area (Å²) in [5.74, 6) is 2.10. The summed E-state index contributed by atoms with van der Waals surface area (Å²) in [5, 5.41) is 15.2. The molecule has 5 aromatic rings. The maximum atomic E-state index is 6.04. The number of benzene rings is 2. The average Bonchev–Trinajstić information content (AvgIpc) is 3.40. The quantitative estimate of drug-likeness (QED) is 0.390. The van der Waals surface area contributed by atoms with Gasteiger partial charge in [-0.2, -0.15) is 9.61 Å². The molecule has 0 fully saturated rings. The second kappa shape index (κ2) is 6.61. The lowest BCUT2D eigenvalue weighted by molar-refractivity contribution is 0.363. The van der Waals surface area contributed by atoms with Crippen LogP contribution in [0.3, 0.4) is 0 Å². The first-order valence-corrected chi connectivity index (χ1v) is 9.61. The number of fused-ring (bicyclic) bond motifs is 2. The van der Waals surface area contributed by atoms with Gasteiger partial charge in [-0.25, -0.2) is 0 Å². The summed E-state index contributed by atoms with van der Waals surface area (Å²) in [5.41, 5.74) is 2.86. The van der Waals surface area contributed by atoms with E-state index in [2.05, 4.69) is 16.8 Å². The van der Waals surface area contributed by atoms with Crippen LogP contribution in [0.1, 0.15) is 5.56 Å². The first-order chi connectivity index (χ1) is 13.7. The molecule has 0 radical (unpaired) electrons. The van der Waals surface area contributed by atoms with Crippen LogP contribution in [0, 0.1) is 6.92 Å². The minimum Gasteiger partial charge on any atom is -0.490 e. The number of aryl methyl sites for hydroxylation is 1. The van der Waals surface area contributed by atoms with E-state index < -0.39 is 0 Å². The minimum absolute atomic E-state index is 0.482. The van der Waals surface area contributed by atoms with E-state index in [1.807, 2.05) is 55.5 Å². The molecule has 0 atom stereocenters. The van der Waals surface area contributed by atoms with Crippen LogP contribution in [-0.2, 0) is 0 Å². The zero-order valence-electron chi connectivity index (χ0n) is 15.1. The summed E-state index contributed by atoms with van der Waals surface area (Å²) >= 11 is 1.48. The lowest BCUT2D eigenvalue weighted by Crippen LogP contribution is -1.93. The molecule has 0 aliphatic carbocycles. The van der Waals surface area contributed by atoms with Crippen LogP contribution in [0.15, 0.2) is 65.6 Å². The van der Waals surface area contributed by atoms with Gasteiger partial charge in [0.25, 0.3) is 0 Å². The number of hydrogen-bond acceptors (Lipinski definition) is 6. The highest BCUT2D eigenvalue weighted by molar-refractivity contribution is 7.19. The lowest BCUT2D eigenvalue weighted by atomic mass is 10.1. The number of ether oxygens (including phenoxy) is 1. The van der Waals surface area contributed by atoms with E-state index in [0.29, 0.717) is 18.2 Å². The van der Waals surface area contributed by atoms with Gasteiger partial charge >= 0.3 is 0 Å². The van der Waals surface area contributed by atoms with E-state index >= 15 is 0 Å². The van der Waals surface area contributed by atoms with Gasteiger partial charge in [-0.1, -0.05) is 42.2 Å². The predicted octanol–water partition coefficient (Wildman–Crippen LogP) is 5.14. The smallest absolute Gasteiger partial charge is 0.235 e. The Labute approximate surface area is 164 Å². The summed E-state index contributed by atoms with van der Waals surface area (Å²) in [6, 6.07) is 15.8. The van der Waals surface area contributed by atoms with Crippen LogP contribution in [0.5, 0.6) is 5.75 Å². The van der Waals surface area contributed by atoms with E-state index in [4.69, 9.17) is 14.3 Å². The molecule has 5 rings (SSSR count). The molecule has 6 nitrogen and oxygen atoms in total. The molecule has 0 spiro atoms. The molecule has 0 aliphatic heterocycles. The Balaban J connectivity index is 1.55. The molecule has 0 saturated heterocycles. The van der Waals surface area contributed by atoms with Gasteiger partial charge in [-0.05, 0) is 37.3 Å². The number of furan rings is 1. The molecule has 0 bridgehead atoms. The summed E-state index contributed by atoms with van der Waals surface area (Å²) in [6.45, 7) is 6.16. The maximum absolute atomic E-state index is 6.04. The van der Waals surface area contributed by atoms with Crippen molar-refractivity contribution in [3.63, 3.8) is 0 Å². The molecule has 3 aromatic heterocycles. The zero-order chi connectivity index (χ0) is 19.1. The number of aromatic nitrogens is 4. The van der Waals surface area contributed by atoms with Crippen LogP contribution < -0.4 is 4.74 Å². The fourth-order valence-electron chi connectivity index (χ4n) is 3.11. The van der Waals surface area contributed by atoms with Crippen molar-refractivity contribution in [2.75, 3.05) is 6.61 Å². The van der Waals surface area contributed by atoms with Crippen LogP contribution >= 0.6 is 11.3 Å². The standard InChI is InChI=1S/C21H16N4O2S/c1-3-12-26-15-10-8-14(9-11-15)20-24-25-19(22-23-21(25)28-20)18-13(2)16-6-4-5-7-17(16)27-18/h3-11H,1,12H2,2H3. The molecule has 0 saturated carbocycles. The van der Waals surface area contributed by atoms with Gasteiger partial charge in [-0.15, -0.1) is 10.2 Å². The van der Waals surface area contributed by atoms with Crippen LogP contribution in [-0.4, -0.2) is 26.4 Å². The van der Waals surface area contributed by atoms with Crippen molar-refractivity contribution in [3.8, 4) is 27.9 Å². The highest BCUT2D eigenvalue weighted by atomic mass is 32.1. The third-order valence-electron chi connectivity index (χ3n) is 4.51. The highest BCUT2D eigenvalue weighted by Gasteiger charge is 2.20. The van der Waals surface area contributed by atoms with Crippen LogP contribution in [0.25, 0.3) is 38.1 Å². The fourth-order valence-corrected chi connectivity index (χ4v) is 3.96. The summed E-state index contributed by atoms with van der Waals surface area (Å²) in [4.78, 5) is 0.719. The fraction of sp³-hybridized carbons (Fsp3) is 0.0952.